The SMILES string of the molecule is CC(=O)N(C)C1CCN(c2ncnc3[nH]ncc23)CC1. The van der Waals surface area contributed by atoms with Crippen LogP contribution in [0.25, 0.3) is 11.0 Å². The molecule has 3 rings (SSSR count). The molecule has 0 spiro atoms. The summed E-state index contributed by atoms with van der Waals surface area (Å²) in [5.41, 5.74) is 0.762. The molecule has 1 N–H and O–H groups in total. The normalized spacial score (nSPS) is 16.6. The van der Waals surface area contributed by atoms with Gasteiger partial charge in [-0.05, 0) is 12.8 Å². The van der Waals surface area contributed by atoms with Crippen molar-refractivity contribution in [3.8, 4) is 0 Å². The van der Waals surface area contributed by atoms with Crippen LogP contribution in [0, 0.1) is 0 Å². The summed E-state index contributed by atoms with van der Waals surface area (Å²) in [7, 11) is 1.88. The molecule has 0 saturated carbocycles. The lowest BCUT2D eigenvalue weighted by atomic mass is 10.0. The van der Waals surface area contributed by atoms with Crippen LogP contribution < -0.4 is 4.90 Å². The van der Waals surface area contributed by atoms with Gasteiger partial charge < -0.3 is 9.80 Å². The van der Waals surface area contributed by atoms with Crippen molar-refractivity contribution in [1.29, 1.82) is 0 Å². The molecule has 1 amide bonds. The second-order valence-electron chi connectivity index (χ2n) is 5.18. The van der Waals surface area contributed by atoms with Crippen LogP contribution in [0.1, 0.15) is 19.8 Å². The highest BCUT2D eigenvalue weighted by Crippen LogP contribution is 2.25. The maximum atomic E-state index is 11.4. The Morgan fingerprint density at radius 3 is 2.85 bits per heavy atom. The van der Waals surface area contributed by atoms with Gasteiger partial charge in [0.2, 0.25) is 5.91 Å². The lowest BCUT2D eigenvalue weighted by Gasteiger charge is -2.37. The minimum atomic E-state index is 0.128. The molecule has 20 heavy (non-hydrogen) atoms. The number of nitrogens with one attached hydrogen (secondary N) is 1. The number of anilines is 1. The summed E-state index contributed by atoms with van der Waals surface area (Å²) in [5.74, 6) is 1.05. The van der Waals surface area contributed by atoms with Crippen LogP contribution >= 0.6 is 0 Å². The molecule has 1 aliphatic heterocycles. The average molecular weight is 274 g/mol. The van der Waals surface area contributed by atoms with Crippen molar-refractivity contribution in [1.82, 2.24) is 25.1 Å². The Morgan fingerprint density at radius 1 is 1.40 bits per heavy atom. The Hall–Kier alpha value is -2.18. The first-order chi connectivity index (χ1) is 9.66. The van der Waals surface area contributed by atoms with E-state index in [-0.39, 0.29) is 5.91 Å². The number of nitrogens with zero attached hydrogens (tertiary/aromatic N) is 5. The highest BCUT2D eigenvalue weighted by Gasteiger charge is 2.25. The minimum absolute atomic E-state index is 0.128. The number of amides is 1. The topological polar surface area (TPSA) is 78.0 Å². The van der Waals surface area contributed by atoms with Crippen LogP contribution in [-0.4, -0.2) is 57.2 Å². The zero-order valence-corrected chi connectivity index (χ0v) is 11.7. The number of piperidine rings is 1. The molecular weight excluding hydrogens is 256 g/mol. The van der Waals surface area contributed by atoms with E-state index in [9.17, 15) is 4.79 Å². The summed E-state index contributed by atoms with van der Waals surface area (Å²) in [5, 5.41) is 7.83. The van der Waals surface area contributed by atoms with E-state index in [4.69, 9.17) is 0 Å². The Bertz CT molecular complexity index is 616. The second-order valence-corrected chi connectivity index (χ2v) is 5.18. The van der Waals surface area contributed by atoms with Crippen molar-refractivity contribution in [2.75, 3.05) is 25.0 Å². The third-order valence-electron chi connectivity index (χ3n) is 4.04. The van der Waals surface area contributed by atoms with Crippen LogP contribution in [0.2, 0.25) is 0 Å². The van der Waals surface area contributed by atoms with Gasteiger partial charge in [-0.1, -0.05) is 0 Å². The summed E-state index contributed by atoms with van der Waals surface area (Å²) in [6.45, 7) is 3.39. The number of fused-ring (bicyclic) bond motifs is 1. The number of hydrogen-bond donors (Lipinski definition) is 1. The van der Waals surface area contributed by atoms with Crippen molar-refractivity contribution in [2.45, 2.75) is 25.8 Å². The van der Waals surface area contributed by atoms with Gasteiger partial charge in [0.1, 0.15) is 12.1 Å². The van der Waals surface area contributed by atoms with Crippen LogP contribution in [-0.2, 0) is 4.79 Å². The first-order valence-electron chi connectivity index (χ1n) is 6.79. The van der Waals surface area contributed by atoms with Crippen molar-refractivity contribution in [3.05, 3.63) is 12.5 Å². The molecule has 3 heterocycles. The smallest absolute Gasteiger partial charge is 0.219 e. The molecule has 0 atom stereocenters. The van der Waals surface area contributed by atoms with Crippen LogP contribution in [0.3, 0.4) is 0 Å². The fourth-order valence-corrected chi connectivity index (χ4v) is 2.73. The molecule has 2 aromatic heterocycles. The summed E-state index contributed by atoms with van der Waals surface area (Å²) >= 11 is 0. The largest absolute Gasteiger partial charge is 0.356 e. The quantitative estimate of drug-likeness (QED) is 0.876. The number of carbonyl (C=O) groups is 1. The third-order valence-corrected chi connectivity index (χ3v) is 4.04. The molecule has 0 unspecified atom stereocenters. The van der Waals surface area contributed by atoms with E-state index in [1.807, 2.05) is 11.9 Å². The molecule has 7 heteroatoms. The van der Waals surface area contributed by atoms with Crippen LogP contribution in [0.4, 0.5) is 5.82 Å². The number of aromatic nitrogens is 4. The van der Waals surface area contributed by atoms with Gasteiger partial charge in [0.05, 0.1) is 11.6 Å². The Morgan fingerprint density at radius 2 is 2.15 bits per heavy atom. The summed E-state index contributed by atoms with van der Waals surface area (Å²) in [4.78, 5) is 24.0. The van der Waals surface area contributed by atoms with E-state index < -0.39 is 0 Å². The number of aromatic amines is 1. The number of H-pyrrole nitrogens is 1. The minimum Gasteiger partial charge on any atom is -0.356 e. The predicted octanol–water partition coefficient (Wildman–Crippen LogP) is 0.800. The van der Waals surface area contributed by atoms with Crippen LogP contribution in [0.15, 0.2) is 12.5 Å². The van der Waals surface area contributed by atoms with Crippen molar-refractivity contribution >= 4 is 22.8 Å². The molecule has 1 aliphatic rings. The van der Waals surface area contributed by atoms with E-state index in [1.54, 1.807) is 19.4 Å². The Balaban J connectivity index is 1.75. The molecule has 7 nitrogen and oxygen atoms in total. The van der Waals surface area contributed by atoms with Gasteiger partial charge in [-0.3, -0.25) is 9.89 Å². The molecule has 2 aromatic rings. The third kappa shape index (κ3) is 2.19. The molecule has 0 bridgehead atoms. The number of hydrogen-bond acceptors (Lipinski definition) is 5. The average Bonchev–Trinajstić information content (AvgIpc) is 2.95. The zero-order chi connectivity index (χ0) is 14.1. The zero-order valence-electron chi connectivity index (χ0n) is 11.7. The van der Waals surface area contributed by atoms with Crippen LogP contribution in [0.5, 0.6) is 0 Å². The van der Waals surface area contributed by atoms with Crippen molar-refractivity contribution in [2.24, 2.45) is 0 Å². The molecule has 0 aromatic carbocycles. The fraction of sp³-hybridized carbons (Fsp3) is 0.538. The van der Waals surface area contributed by atoms with Crippen molar-refractivity contribution in [3.63, 3.8) is 0 Å². The number of carbonyl (C=O) groups excluding carboxylic acids is 1. The Kier molecular flexibility index (Phi) is 3.25. The summed E-state index contributed by atoms with van der Waals surface area (Å²) in [6.07, 6.45) is 5.24. The monoisotopic (exact) mass is 274 g/mol. The maximum Gasteiger partial charge on any atom is 0.219 e. The van der Waals surface area contributed by atoms with Gasteiger partial charge in [-0.2, -0.15) is 5.10 Å². The molecular formula is C13H18N6O. The van der Waals surface area contributed by atoms with E-state index in [1.165, 1.54) is 0 Å². The van der Waals surface area contributed by atoms with E-state index in [0.29, 0.717) is 6.04 Å². The first kappa shape index (κ1) is 12.8. The molecule has 1 fully saturated rings. The molecule has 106 valence electrons. The molecule has 0 aliphatic carbocycles. The van der Waals surface area contributed by atoms with Gasteiger partial charge in [-0.25, -0.2) is 9.97 Å². The van der Waals surface area contributed by atoms with Gasteiger partial charge in [0.15, 0.2) is 5.65 Å². The van der Waals surface area contributed by atoms with Gasteiger partial charge in [-0.15, -0.1) is 0 Å². The summed E-state index contributed by atoms with van der Waals surface area (Å²) in [6, 6.07) is 0.324. The summed E-state index contributed by atoms with van der Waals surface area (Å²) < 4.78 is 0. The highest BCUT2D eigenvalue weighted by molar-refractivity contribution is 5.86. The molecule has 1 saturated heterocycles. The fourth-order valence-electron chi connectivity index (χ4n) is 2.73. The van der Waals surface area contributed by atoms with Gasteiger partial charge in [0.25, 0.3) is 0 Å². The number of rotatable bonds is 2. The second kappa shape index (κ2) is 5.07. The Labute approximate surface area is 117 Å². The van der Waals surface area contributed by atoms with E-state index in [0.717, 1.165) is 42.8 Å². The predicted molar refractivity (Wildman–Crippen MR) is 75.4 cm³/mol. The van der Waals surface area contributed by atoms with E-state index in [2.05, 4.69) is 25.1 Å². The van der Waals surface area contributed by atoms with Gasteiger partial charge in [0, 0.05) is 33.1 Å². The lowest BCUT2D eigenvalue weighted by Crippen LogP contribution is -2.45. The highest BCUT2D eigenvalue weighted by atomic mass is 16.2. The van der Waals surface area contributed by atoms with Crippen molar-refractivity contribution < 1.29 is 4.79 Å². The molecule has 0 radical (unpaired) electrons. The van der Waals surface area contributed by atoms with Gasteiger partial charge >= 0.3 is 0 Å². The first-order valence-corrected chi connectivity index (χ1v) is 6.79. The lowest BCUT2D eigenvalue weighted by molar-refractivity contribution is -0.129. The maximum absolute atomic E-state index is 11.4. The standard InChI is InChI=1S/C13H18N6O/c1-9(20)18(2)10-3-5-19(6-4-10)13-11-7-16-17-12(11)14-8-15-13/h7-8,10H,3-6H2,1-2H3,(H,14,15,16,17). The van der Waals surface area contributed by atoms with E-state index >= 15 is 0 Å².